The first-order valence-corrected chi connectivity index (χ1v) is 5.13. The molecule has 4 heteroatoms. The minimum Gasteiger partial charge on any atom is -0.301 e. The average Bonchev–Trinajstić information content (AvgIpc) is 2.57. The van der Waals surface area contributed by atoms with Gasteiger partial charge in [0.05, 0.1) is 10.9 Å². The van der Waals surface area contributed by atoms with Crippen LogP contribution in [0.3, 0.4) is 0 Å². The second kappa shape index (κ2) is 3.64. The molecule has 2 rings (SSSR count). The van der Waals surface area contributed by atoms with Crippen molar-refractivity contribution in [1.82, 2.24) is 5.32 Å². The highest BCUT2D eigenvalue weighted by molar-refractivity contribution is 7.99. The van der Waals surface area contributed by atoms with Gasteiger partial charge < -0.3 is 5.32 Å². The summed E-state index contributed by atoms with van der Waals surface area (Å²) >= 11 is 1.53. The molecule has 0 aliphatic carbocycles. The molecule has 1 atom stereocenters. The first-order chi connectivity index (χ1) is 6.29. The van der Waals surface area contributed by atoms with Crippen LogP contribution in [0.15, 0.2) is 18.2 Å². The van der Waals surface area contributed by atoms with Crippen molar-refractivity contribution < 1.29 is 8.78 Å². The third kappa shape index (κ3) is 1.69. The summed E-state index contributed by atoms with van der Waals surface area (Å²) in [7, 11) is 0. The van der Waals surface area contributed by atoms with Gasteiger partial charge >= 0.3 is 0 Å². The molecular weight excluding hydrogens is 192 g/mol. The first-order valence-electron chi connectivity index (χ1n) is 4.08. The van der Waals surface area contributed by atoms with Gasteiger partial charge in [0.1, 0.15) is 11.6 Å². The Hall–Kier alpha value is -0.610. The summed E-state index contributed by atoms with van der Waals surface area (Å²) in [5, 5.41) is 2.82. The van der Waals surface area contributed by atoms with Gasteiger partial charge in [0.2, 0.25) is 0 Å². The summed E-state index contributed by atoms with van der Waals surface area (Å²) in [5.74, 6) is -0.0304. The highest BCUT2D eigenvalue weighted by Crippen LogP contribution is 2.32. The van der Waals surface area contributed by atoms with Gasteiger partial charge in [-0.25, -0.2) is 8.78 Å². The molecule has 1 aromatic rings. The number of hydrogen-bond acceptors (Lipinski definition) is 2. The molecule has 1 unspecified atom stereocenters. The first kappa shape index (κ1) is 8.97. The number of thioether (sulfide) groups is 1. The van der Waals surface area contributed by atoms with E-state index in [0.29, 0.717) is 0 Å². The fraction of sp³-hybridized carbons (Fsp3) is 0.333. The maximum atomic E-state index is 13.2. The Labute approximate surface area is 79.5 Å². The van der Waals surface area contributed by atoms with Crippen molar-refractivity contribution >= 4 is 11.8 Å². The quantitative estimate of drug-likeness (QED) is 0.748. The Morgan fingerprint density at radius 3 is 2.54 bits per heavy atom. The molecule has 0 bridgehead atoms. The van der Waals surface area contributed by atoms with Gasteiger partial charge in [-0.05, 0) is 12.1 Å². The molecule has 0 amide bonds. The summed E-state index contributed by atoms with van der Waals surface area (Å²) in [6.45, 7) is 0.809. The summed E-state index contributed by atoms with van der Waals surface area (Å²) in [6.07, 6.45) is 0. The molecule has 0 spiro atoms. The lowest BCUT2D eigenvalue weighted by atomic mass is 10.2. The minimum atomic E-state index is -0.466. The number of hydrogen-bond donors (Lipinski definition) is 1. The number of halogens is 2. The third-order valence-electron chi connectivity index (χ3n) is 1.98. The lowest BCUT2D eigenvalue weighted by Gasteiger charge is -2.11. The zero-order chi connectivity index (χ0) is 9.26. The van der Waals surface area contributed by atoms with Crippen molar-refractivity contribution in [1.29, 1.82) is 0 Å². The molecule has 1 aliphatic rings. The van der Waals surface area contributed by atoms with E-state index in [1.807, 2.05) is 0 Å². The van der Waals surface area contributed by atoms with Crippen molar-refractivity contribution in [3.63, 3.8) is 0 Å². The van der Waals surface area contributed by atoms with Gasteiger partial charge in [0.25, 0.3) is 0 Å². The molecule has 1 saturated heterocycles. The molecule has 0 aromatic heterocycles. The second-order valence-electron chi connectivity index (χ2n) is 2.84. The van der Waals surface area contributed by atoms with Gasteiger partial charge in [-0.3, -0.25) is 0 Å². The minimum absolute atomic E-state index is 0.157. The SMILES string of the molecule is Fc1cccc(F)c1C1NCCS1. The van der Waals surface area contributed by atoms with E-state index in [9.17, 15) is 8.78 Å². The zero-order valence-electron chi connectivity index (χ0n) is 6.89. The van der Waals surface area contributed by atoms with Crippen LogP contribution in [-0.4, -0.2) is 12.3 Å². The Bertz CT molecular complexity index is 290. The molecule has 70 valence electrons. The third-order valence-corrected chi connectivity index (χ3v) is 3.15. The van der Waals surface area contributed by atoms with Crippen LogP contribution in [0.25, 0.3) is 0 Å². The fourth-order valence-corrected chi connectivity index (χ4v) is 2.47. The van der Waals surface area contributed by atoms with Crippen molar-refractivity contribution in [3.05, 3.63) is 35.4 Å². The second-order valence-corrected chi connectivity index (χ2v) is 4.05. The molecule has 1 aromatic carbocycles. The van der Waals surface area contributed by atoms with E-state index in [-0.39, 0.29) is 10.9 Å². The summed E-state index contributed by atoms with van der Waals surface area (Å²) < 4.78 is 26.4. The summed E-state index contributed by atoms with van der Waals surface area (Å²) in [4.78, 5) is 0. The Morgan fingerprint density at radius 1 is 1.31 bits per heavy atom. The number of benzene rings is 1. The number of nitrogens with one attached hydrogen (secondary N) is 1. The van der Waals surface area contributed by atoms with E-state index in [1.165, 1.54) is 30.0 Å². The predicted molar refractivity (Wildman–Crippen MR) is 49.6 cm³/mol. The van der Waals surface area contributed by atoms with Crippen LogP contribution >= 0.6 is 11.8 Å². The Morgan fingerprint density at radius 2 is 2.00 bits per heavy atom. The van der Waals surface area contributed by atoms with Crippen molar-refractivity contribution in [2.24, 2.45) is 0 Å². The molecule has 1 fully saturated rings. The molecular formula is C9H9F2NS. The maximum absolute atomic E-state index is 13.2. The van der Waals surface area contributed by atoms with Gasteiger partial charge in [0.15, 0.2) is 0 Å². The lowest BCUT2D eigenvalue weighted by Crippen LogP contribution is -2.14. The predicted octanol–water partition coefficient (Wildman–Crippen LogP) is 2.30. The van der Waals surface area contributed by atoms with Crippen molar-refractivity contribution in [3.8, 4) is 0 Å². The van der Waals surface area contributed by atoms with Gasteiger partial charge in [0, 0.05) is 12.3 Å². The molecule has 0 radical (unpaired) electrons. The van der Waals surface area contributed by atoms with Gasteiger partial charge in [-0.1, -0.05) is 6.07 Å². The highest BCUT2D eigenvalue weighted by Gasteiger charge is 2.23. The maximum Gasteiger partial charge on any atom is 0.131 e. The van der Waals surface area contributed by atoms with Crippen LogP contribution < -0.4 is 5.32 Å². The average molecular weight is 201 g/mol. The fourth-order valence-electron chi connectivity index (χ4n) is 1.37. The van der Waals surface area contributed by atoms with Crippen LogP contribution in [0.5, 0.6) is 0 Å². The van der Waals surface area contributed by atoms with E-state index in [0.717, 1.165) is 12.3 Å². The monoisotopic (exact) mass is 201 g/mol. The van der Waals surface area contributed by atoms with E-state index in [2.05, 4.69) is 5.32 Å². The molecule has 0 saturated carbocycles. The van der Waals surface area contributed by atoms with Crippen LogP contribution in [0.2, 0.25) is 0 Å². The van der Waals surface area contributed by atoms with Crippen LogP contribution in [0, 0.1) is 11.6 Å². The smallest absolute Gasteiger partial charge is 0.131 e. The summed E-state index contributed by atoms with van der Waals surface area (Å²) in [5.41, 5.74) is 0.157. The van der Waals surface area contributed by atoms with E-state index in [4.69, 9.17) is 0 Å². The van der Waals surface area contributed by atoms with Gasteiger partial charge in [-0.15, -0.1) is 11.8 Å². The zero-order valence-corrected chi connectivity index (χ0v) is 7.70. The van der Waals surface area contributed by atoms with Crippen molar-refractivity contribution in [2.45, 2.75) is 5.37 Å². The standard InChI is InChI=1S/C9H9F2NS/c10-6-2-1-3-7(11)8(6)9-12-4-5-13-9/h1-3,9,12H,4-5H2. The van der Waals surface area contributed by atoms with E-state index < -0.39 is 11.6 Å². The van der Waals surface area contributed by atoms with Crippen LogP contribution in [0.1, 0.15) is 10.9 Å². The van der Waals surface area contributed by atoms with E-state index in [1.54, 1.807) is 0 Å². The molecule has 1 nitrogen and oxygen atoms in total. The van der Waals surface area contributed by atoms with Crippen LogP contribution in [-0.2, 0) is 0 Å². The molecule has 13 heavy (non-hydrogen) atoms. The lowest BCUT2D eigenvalue weighted by molar-refractivity contribution is 0.541. The normalized spacial score (nSPS) is 22.2. The van der Waals surface area contributed by atoms with Crippen LogP contribution in [0.4, 0.5) is 8.78 Å². The van der Waals surface area contributed by atoms with Gasteiger partial charge in [-0.2, -0.15) is 0 Å². The number of rotatable bonds is 1. The summed E-state index contributed by atoms with van der Waals surface area (Å²) in [6, 6.07) is 3.96. The Kier molecular flexibility index (Phi) is 2.51. The largest absolute Gasteiger partial charge is 0.301 e. The van der Waals surface area contributed by atoms with Crippen molar-refractivity contribution in [2.75, 3.05) is 12.3 Å². The topological polar surface area (TPSA) is 12.0 Å². The highest BCUT2D eigenvalue weighted by atomic mass is 32.2. The van der Waals surface area contributed by atoms with E-state index >= 15 is 0 Å². The molecule has 1 heterocycles. The Balaban J connectivity index is 2.37. The molecule has 1 aliphatic heterocycles. The molecule has 1 N–H and O–H groups in total.